The minimum atomic E-state index is -0.412. The van der Waals surface area contributed by atoms with Crippen LogP contribution in [0.1, 0.15) is 29.4 Å². The summed E-state index contributed by atoms with van der Waals surface area (Å²) in [6.45, 7) is 5.73. The molecule has 1 amide bonds. The summed E-state index contributed by atoms with van der Waals surface area (Å²) in [7, 11) is 0. The van der Waals surface area contributed by atoms with Crippen LogP contribution in [0.4, 0.5) is 5.82 Å². The maximum absolute atomic E-state index is 11.2. The highest BCUT2D eigenvalue weighted by Gasteiger charge is 2.26. The highest BCUT2D eigenvalue weighted by Crippen LogP contribution is 2.24. The van der Waals surface area contributed by atoms with Gasteiger partial charge in [-0.25, -0.2) is 4.98 Å². The molecule has 1 aromatic heterocycles. The monoisotopic (exact) mass is 248 g/mol. The Balaban J connectivity index is 2.21. The average molecular weight is 248 g/mol. The van der Waals surface area contributed by atoms with Crippen LogP contribution in [-0.4, -0.2) is 30.0 Å². The molecule has 5 nitrogen and oxygen atoms in total. The Morgan fingerprint density at radius 2 is 2.28 bits per heavy atom. The minimum absolute atomic E-state index is 0.190. The van der Waals surface area contributed by atoms with Crippen LogP contribution in [0.2, 0.25) is 0 Å². The second-order valence-corrected chi connectivity index (χ2v) is 5.07. The van der Waals surface area contributed by atoms with Crippen molar-refractivity contribution in [2.75, 3.05) is 18.0 Å². The summed E-state index contributed by atoms with van der Waals surface area (Å²) in [6, 6.07) is 3.67. The SMILES string of the molecule is Cc1cc(C(N)=O)cc(N2CCC(C(C)N)C2)n1. The van der Waals surface area contributed by atoms with Gasteiger partial charge in [0, 0.05) is 30.4 Å². The van der Waals surface area contributed by atoms with Crippen molar-refractivity contribution in [2.45, 2.75) is 26.3 Å². The number of carbonyl (C=O) groups excluding carboxylic acids is 1. The van der Waals surface area contributed by atoms with E-state index in [9.17, 15) is 4.79 Å². The van der Waals surface area contributed by atoms with Crippen molar-refractivity contribution in [3.63, 3.8) is 0 Å². The topological polar surface area (TPSA) is 85.2 Å². The highest BCUT2D eigenvalue weighted by molar-refractivity contribution is 5.93. The molecule has 0 spiro atoms. The molecule has 1 aliphatic rings. The van der Waals surface area contributed by atoms with Gasteiger partial charge >= 0.3 is 0 Å². The summed E-state index contributed by atoms with van der Waals surface area (Å²) in [4.78, 5) is 17.9. The predicted octanol–water partition coefficient (Wildman–Crippen LogP) is 0.662. The lowest BCUT2D eigenvalue weighted by Crippen LogP contribution is -2.30. The van der Waals surface area contributed by atoms with Gasteiger partial charge in [0.25, 0.3) is 0 Å². The second-order valence-electron chi connectivity index (χ2n) is 5.07. The predicted molar refractivity (Wildman–Crippen MR) is 71.5 cm³/mol. The fraction of sp³-hybridized carbons (Fsp3) is 0.538. The molecule has 4 N–H and O–H groups in total. The highest BCUT2D eigenvalue weighted by atomic mass is 16.1. The van der Waals surface area contributed by atoms with Crippen LogP contribution in [0.5, 0.6) is 0 Å². The first-order chi connectivity index (χ1) is 8.47. The number of nitrogens with zero attached hydrogens (tertiary/aromatic N) is 2. The summed E-state index contributed by atoms with van der Waals surface area (Å²) in [5.74, 6) is 0.904. The van der Waals surface area contributed by atoms with Gasteiger partial charge < -0.3 is 16.4 Å². The van der Waals surface area contributed by atoms with Crippen LogP contribution in [0, 0.1) is 12.8 Å². The van der Waals surface area contributed by atoms with Crippen molar-refractivity contribution in [3.05, 3.63) is 23.4 Å². The summed E-state index contributed by atoms with van der Waals surface area (Å²) in [5, 5.41) is 0. The normalized spacial score (nSPS) is 21.1. The van der Waals surface area contributed by atoms with Gasteiger partial charge in [-0.1, -0.05) is 0 Å². The molecule has 1 saturated heterocycles. The van der Waals surface area contributed by atoms with E-state index < -0.39 is 5.91 Å². The van der Waals surface area contributed by atoms with Crippen LogP contribution in [0.15, 0.2) is 12.1 Å². The molecule has 1 aromatic rings. The number of carbonyl (C=O) groups is 1. The van der Waals surface area contributed by atoms with E-state index in [1.807, 2.05) is 13.8 Å². The zero-order valence-electron chi connectivity index (χ0n) is 10.9. The number of amides is 1. The molecule has 2 unspecified atom stereocenters. The number of hydrogen-bond donors (Lipinski definition) is 2. The van der Waals surface area contributed by atoms with Crippen LogP contribution in [0.3, 0.4) is 0 Å². The maximum Gasteiger partial charge on any atom is 0.248 e. The van der Waals surface area contributed by atoms with E-state index in [0.717, 1.165) is 31.0 Å². The smallest absolute Gasteiger partial charge is 0.248 e. The van der Waals surface area contributed by atoms with Gasteiger partial charge in [-0.2, -0.15) is 0 Å². The van der Waals surface area contributed by atoms with Crippen molar-refractivity contribution in [1.29, 1.82) is 0 Å². The molecular formula is C13H20N4O. The standard InChI is InChI=1S/C13H20N4O/c1-8-5-11(13(15)18)6-12(16-8)17-4-3-10(7-17)9(2)14/h5-6,9-10H,3-4,7,14H2,1-2H3,(H2,15,18). The first kappa shape index (κ1) is 12.8. The molecule has 2 rings (SSSR count). The molecule has 2 atom stereocenters. The summed E-state index contributed by atoms with van der Waals surface area (Å²) >= 11 is 0. The Hall–Kier alpha value is -1.62. The van der Waals surface area contributed by atoms with E-state index in [2.05, 4.69) is 9.88 Å². The molecular weight excluding hydrogens is 228 g/mol. The number of aromatic nitrogens is 1. The number of rotatable bonds is 3. The van der Waals surface area contributed by atoms with E-state index in [1.54, 1.807) is 12.1 Å². The third-order valence-electron chi connectivity index (χ3n) is 3.52. The zero-order chi connectivity index (χ0) is 13.3. The van der Waals surface area contributed by atoms with Crippen molar-refractivity contribution in [2.24, 2.45) is 17.4 Å². The lowest BCUT2D eigenvalue weighted by molar-refractivity contribution is 0.1000. The van der Waals surface area contributed by atoms with E-state index in [0.29, 0.717) is 11.5 Å². The van der Waals surface area contributed by atoms with Gasteiger partial charge in [-0.3, -0.25) is 4.79 Å². The molecule has 0 aromatic carbocycles. The minimum Gasteiger partial charge on any atom is -0.366 e. The number of hydrogen-bond acceptors (Lipinski definition) is 4. The maximum atomic E-state index is 11.2. The van der Waals surface area contributed by atoms with Gasteiger partial charge in [-0.05, 0) is 38.3 Å². The summed E-state index contributed by atoms with van der Waals surface area (Å²) < 4.78 is 0. The summed E-state index contributed by atoms with van der Waals surface area (Å²) in [6.07, 6.45) is 1.07. The first-order valence-corrected chi connectivity index (χ1v) is 6.26. The van der Waals surface area contributed by atoms with Gasteiger partial charge in [0.05, 0.1) is 0 Å². The van der Waals surface area contributed by atoms with Crippen molar-refractivity contribution < 1.29 is 4.79 Å². The second kappa shape index (κ2) is 4.94. The lowest BCUT2D eigenvalue weighted by Gasteiger charge is -2.19. The third-order valence-corrected chi connectivity index (χ3v) is 3.52. The van der Waals surface area contributed by atoms with Crippen molar-refractivity contribution in [1.82, 2.24) is 4.98 Å². The van der Waals surface area contributed by atoms with E-state index in [-0.39, 0.29) is 6.04 Å². The number of aryl methyl sites for hydroxylation is 1. The Kier molecular flexibility index (Phi) is 3.52. The summed E-state index contributed by atoms with van der Waals surface area (Å²) in [5.41, 5.74) is 12.6. The number of anilines is 1. The quantitative estimate of drug-likeness (QED) is 0.823. The molecule has 1 aliphatic heterocycles. The van der Waals surface area contributed by atoms with Crippen LogP contribution in [0.25, 0.3) is 0 Å². The number of pyridine rings is 1. The van der Waals surface area contributed by atoms with Gasteiger partial charge in [0.15, 0.2) is 0 Å². The molecule has 0 aliphatic carbocycles. The van der Waals surface area contributed by atoms with E-state index in [4.69, 9.17) is 11.5 Å². The van der Waals surface area contributed by atoms with E-state index in [1.165, 1.54) is 0 Å². The Bertz CT molecular complexity index is 458. The van der Waals surface area contributed by atoms with E-state index >= 15 is 0 Å². The van der Waals surface area contributed by atoms with Crippen molar-refractivity contribution in [3.8, 4) is 0 Å². The fourth-order valence-electron chi connectivity index (χ4n) is 2.38. The zero-order valence-corrected chi connectivity index (χ0v) is 10.9. The number of nitrogens with two attached hydrogens (primary N) is 2. The van der Waals surface area contributed by atoms with Crippen molar-refractivity contribution >= 4 is 11.7 Å². The molecule has 98 valence electrons. The third kappa shape index (κ3) is 2.61. The molecule has 2 heterocycles. The molecule has 0 saturated carbocycles. The van der Waals surface area contributed by atoms with Crippen LogP contribution in [-0.2, 0) is 0 Å². The molecule has 0 bridgehead atoms. The van der Waals surface area contributed by atoms with Gasteiger partial charge in [0.1, 0.15) is 5.82 Å². The first-order valence-electron chi connectivity index (χ1n) is 6.26. The van der Waals surface area contributed by atoms with Crippen LogP contribution >= 0.6 is 0 Å². The fourth-order valence-corrected chi connectivity index (χ4v) is 2.38. The number of primary amides is 1. The molecule has 18 heavy (non-hydrogen) atoms. The Morgan fingerprint density at radius 1 is 1.56 bits per heavy atom. The Labute approximate surface area is 107 Å². The lowest BCUT2D eigenvalue weighted by atomic mass is 10.0. The van der Waals surface area contributed by atoms with Crippen LogP contribution < -0.4 is 16.4 Å². The van der Waals surface area contributed by atoms with Gasteiger partial charge in [0.2, 0.25) is 5.91 Å². The molecule has 0 radical (unpaired) electrons. The average Bonchev–Trinajstić information content (AvgIpc) is 2.77. The molecule has 1 fully saturated rings. The largest absolute Gasteiger partial charge is 0.366 e. The van der Waals surface area contributed by atoms with Gasteiger partial charge in [-0.15, -0.1) is 0 Å². The Morgan fingerprint density at radius 3 is 2.83 bits per heavy atom. The molecule has 5 heteroatoms.